The van der Waals surface area contributed by atoms with Gasteiger partial charge in [0, 0.05) is 25.0 Å². The summed E-state index contributed by atoms with van der Waals surface area (Å²) in [5.74, 6) is 0.0855. The van der Waals surface area contributed by atoms with Gasteiger partial charge < -0.3 is 16.0 Å². The van der Waals surface area contributed by atoms with E-state index >= 15 is 0 Å². The molecule has 1 saturated carbocycles. The third-order valence-electron chi connectivity index (χ3n) is 4.63. The summed E-state index contributed by atoms with van der Waals surface area (Å²) in [6.07, 6.45) is 8.35. The molecule has 0 radical (unpaired) electrons. The van der Waals surface area contributed by atoms with Crippen molar-refractivity contribution >= 4 is 11.8 Å². The van der Waals surface area contributed by atoms with E-state index in [1.165, 1.54) is 12.8 Å². The van der Waals surface area contributed by atoms with Gasteiger partial charge in [-0.15, -0.1) is 0 Å². The van der Waals surface area contributed by atoms with Crippen molar-refractivity contribution in [3.05, 3.63) is 0 Å². The van der Waals surface area contributed by atoms with Crippen LogP contribution in [0.15, 0.2) is 0 Å². The van der Waals surface area contributed by atoms with Crippen molar-refractivity contribution in [1.82, 2.24) is 10.2 Å². The normalized spacial score (nSPS) is 27.9. The first kappa shape index (κ1) is 15.3. The molecule has 2 rings (SSSR count). The van der Waals surface area contributed by atoms with Crippen LogP contribution < -0.4 is 11.1 Å². The van der Waals surface area contributed by atoms with Crippen LogP contribution >= 0.6 is 0 Å². The van der Waals surface area contributed by atoms with E-state index in [0.29, 0.717) is 12.6 Å². The number of carbonyl (C=O) groups is 2. The van der Waals surface area contributed by atoms with Crippen LogP contribution in [0.5, 0.6) is 0 Å². The molecule has 1 saturated heterocycles. The molecule has 0 aromatic rings. The van der Waals surface area contributed by atoms with E-state index in [-0.39, 0.29) is 17.7 Å². The van der Waals surface area contributed by atoms with Crippen molar-refractivity contribution in [1.29, 1.82) is 0 Å². The summed E-state index contributed by atoms with van der Waals surface area (Å²) in [6.45, 7) is 2.26. The lowest BCUT2D eigenvalue weighted by Gasteiger charge is -2.28. The quantitative estimate of drug-likeness (QED) is 0.808. The van der Waals surface area contributed by atoms with E-state index in [4.69, 9.17) is 5.73 Å². The number of carbonyl (C=O) groups excluding carboxylic acids is 2. The number of hydrogen-bond donors (Lipinski definition) is 2. The molecule has 5 heteroatoms. The highest BCUT2D eigenvalue weighted by Crippen LogP contribution is 2.23. The predicted molar refractivity (Wildman–Crippen MR) is 78.0 cm³/mol. The number of primary amides is 1. The Bertz CT molecular complexity index is 330. The molecule has 0 atom stereocenters. The Balaban J connectivity index is 1.67. The number of nitrogens with one attached hydrogen (secondary N) is 1. The van der Waals surface area contributed by atoms with Crippen molar-refractivity contribution in [3.63, 3.8) is 0 Å². The number of hydrogen-bond acceptors (Lipinski definition) is 3. The zero-order chi connectivity index (χ0) is 14.4. The minimum atomic E-state index is -0.177. The molecule has 0 bridgehead atoms. The first-order chi connectivity index (χ1) is 9.66. The van der Waals surface area contributed by atoms with Crippen molar-refractivity contribution in [3.8, 4) is 0 Å². The number of nitrogens with zero attached hydrogens (tertiary/aromatic N) is 1. The molecule has 0 spiro atoms. The molecular weight excluding hydrogens is 254 g/mol. The van der Waals surface area contributed by atoms with E-state index in [2.05, 4.69) is 5.32 Å². The van der Waals surface area contributed by atoms with Gasteiger partial charge in [-0.3, -0.25) is 9.59 Å². The first-order valence-corrected chi connectivity index (χ1v) is 7.97. The summed E-state index contributed by atoms with van der Waals surface area (Å²) in [6, 6.07) is 0.363. The van der Waals surface area contributed by atoms with Gasteiger partial charge in [-0.25, -0.2) is 0 Å². The Morgan fingerprint density at radius 2 is 1.60 bits per heavy atom. The topological polar surface area (TPSA) is 75.4 Å². The maximum atomic E-state index is 12.2. The second-order valence-corrected chi connectivity index (χ2v) is 6.13. The van der Waals surface area contributed by atoms with Crippen molar-refractivity contribution in [2.75, 3.05) is 19.6 Å². The smallest absolute Gasteiger partial charge is 0.236 e. The van der Waals surface area contributed by atoms with Gasteiger partial charge >= 0.3 is 0 Å². The van der Waals surface area contributed by atoms with Crippen LogP contribution in [-0.2, 0) is 9.59 Å². The van der Waals surface area contributed by atoms with Crippen LogP contribution in [0.25, 0.3) is 0 Å². The lowest BCUT2D eigenvalue weighted by Crippen LogP contribution is -2.43. The van der Waals surface area contributed by atoms with Crippen molar-refractivity contribution in [2.24, 2.45) is 11.7 Å². The Morgan fingerprint density at radius 3 is 2.15 bits per heavy atom. The molecule has 2 fully saturated rings. The van der Waals surface area contributed by atoms with Crippen LogP contribution in [-0.4, -0.2) is 42.4 Å². The number of nitrogens with two attached hydrogens (primary N) is 1. The Kier molecular flexibility index (Phi) is 5.83. The van der Waals surface area contributed by atoms with Crippen molar-refractivity contribution in [2.45, 2.75) is 57.4 Å². The molecule has 20 heavy (non-hydrogen) atoms. The zero-order valence-electron chi connectivity index (χ0n) is 12.3. The third-order valence-corrected chi connectivity index (χ3v) is 4.63. The van der Waals surface area contributed by atoms with Crippen LogP contribution in [0.1, 0.15) is 51.4 Å². The monoisotopic (exact) mass is 281 g/mol. The first-order valence-electron chi connectivity index (χ1n) is 7.97. The van der Waals surface area contributed by atoms with Crippen LogP contribution in [0, 0.1) is 5.92 Å². The van der Waals surface area contributed by atoms with E-state index in [1.807, 2.05) is 4.90 Å². The van der Waals surface area contributed by atoms with Gasteiger partial charge in [-0.05, 0) is 38.5 Å². The van der Waals surface area contributed by atoms with Crippen LogP contribution in [0.4, 0.5) is 0 Å². The minimum Gasteiger partial charge on any atom is -0.369 e. The fourth-order valence-electron chi connectivity index (χ4n) is 3.25. The van der Waals surface area contributed by atoms with E-state index in [9.17, 15) is 9.59 Å². The molecular formula is C15H27N3O2. The lowest BCUT2D eigenvalue weighted by molar-refractivity contribution is -0.130. The summed E-state index contributed by atoms with van der Waals surface area (Å²) in [4.78, 5) is 25.3. The molecule has 3 N–H and O–H groups in total. The molecule has 2 amide bonds. The summed E-state index contributed by atoms with van der Waals surface area (Å²) >= 11 is 0. The maximum absolute atomic E-state index is 12.2. The lowest BCUT2D eigenvalue weighted by atomic mass is 9.85. The molecule has 114 valence electrons. The zero-order valence-corrected chi connectivity index (χ0v) is 12.3. The van der Waals surface area contributed by atoms with E-state index in [1.54, 1.807) is 0 Å². The summed E-state index contributed by atoms with van der Waals surface area (Å²) in [7, 11) is 0. The number of amides is 2. The van der Waals surface area contributed by atoms with Crippen molar-refractivity contribution < 1.29 is 9.59 Å². The number of likely N-dealkylation sites (tertiary alicyclic amines) is 1. The highest BCUT2D eigenvalue weighted by molar-refractivity contribution is 5.78. The molecule has 1 heterocycles. The van der Waals surface area contributed by atoms with Crippen LogP contribution in [0.3, 0.4) is 0 Å². The molecule has 0 unspecified atom stereocenters. The highest BCUT2D eigenvalue weighted by Gasteiger charge is 2.25. The fraction of sp³-hybridized carbons (Fsp3) is 0.867. The van der Waals surface area contributed by atoms with Gasteiger partial charge in [0.2, 0.25) is 11.8 Å². The van der Waals surface area contributed by atoms with Gasteiger partial charge in [-0.2, -0.15) is 0 Å². The molecule has 1 aliphatic heterocycles. The maximum Gasteiger partial charge on any atom is 0.236 e. The highest BCUT2D eigenvalue weighted by atomic mass is 16.2. The summed E-state index contributed by atoms with van der Waals surface area (Å²) < 4.78 is 0. The summed E-state index contributed by atoms with van der Waals surface area (Å²) in [5, 5.41) is 3.36. The van der Waals surface area contributed by atoms with E-state index < -0.39 is 0 Å². The standard InChI is InChI=1S/C15H27N3O2/c16-15(20)12-5-7-13(8-6-12)17-11-14(19)18-9-3-1-2-4-10-18/h12-13,17H,1-11H2,(H2,16,20). The molecule has 0 aromatic carbocycles. The molecule has 0 aromatic heterocycles. The Labute approximate surface area is 121 Å². The van der Waals surface area contributed by atoms with E-state index in [0.717, 1.165) is 51.6 Å². The van der Waals surface area contributed by atoms with Crippen LogP contribution in [0.2, 0.25) is 0 Å². The van der Waals surface area contributed by atoms with Gasteiger partial charge in [-0.1, -0.05) is 12.8 Å². The molecule has 5 nitrogen and oxygen atoms in total. The van der Waals surface area contributed by atoms with Gasteiger partial charge in [0.1, 0.15) is 0 Å². The predicted octanol–water partition coefficient (Wildman–Crippen LogP) is 1.02. The second-order valence-electron chi connectivity index (χ2n) is 6.13. The third kappa shape index (κ3) is 4.47. The summed E-state index contributed by atoms with van der Waals surface area (Å²) in [5.41, 5.74) is 5.33. The number of rotatable bonds is 4. The molecule has 2 aliphatic rings. The Morgan fingerprint density at radius 1 is 1.00 bits per heavy atom. The fourth-order valence-corrected chi connectivity index (χ4v) is 3.25. The van der Waals surface area contributed by atoms with Gasteiger partial charge in [0.15, 0.2) is 0 Å². The largest absolute Gasteiger partial charge is 0.369 e. The SMILES string of the molecule is NC(=O)C1CCC(NCC(=O)N2CCCCCC2)CC1. The van der Waals surface area contributed by atoms with Gasteiger partial charge in [0.05, 0.1) is 6.54 Å². The average Bonchev–Trinajstić information content (AvgIpc) is 2.74. The van der Waals surface area contributed by atoms with Gasteiger partial charge in [0.25, 0.3) is 0 Å². The average molecular weight is 281 g/mol. The molecule has 1 aliphatic carbocycles. The Hall–Kier alpha value is -1.10. The minimum absolute atomic E-state index is 0.0364. The second kappa shape index (κ2) is 7.62.